The Kier molecular flexibility index (Phi) is 2.47. The highest BCUT2D eigenvalue weighted by Crippen LogP contribution is 2.26. The molecule has 0 spiro atoms. The molecule has 0 bridgehead atoms. The molecule has 0 fully saturated rings. The molecule has 0 aliphatic heterocycles. The van der Waals surface area contributed by atoms with Crippen molar-refractivity contribution in [1.82, 2.24) is 20.2 Å². The molecule has 0 atom stereocenters. The second-order valence-corrected chi connectivity index (χ2v) is 4.80. The summed E-state index contributed by atoms with van der Waals surface area (Å²) in [6.45, 7) is 0. The van der Waals surface area contributed by atoms with Gasteiger partial charge in [-0.3, -0.25) is 5.10 Å². The molecule has 2 aromatic carbocycles. The Morgan fingerprint density at radius 1 is 1.05 bits per heavy atom. The zero-order valence-corrected chi connectivity index (χ0v) is 11.0. The SMILES string of the molecule is Nc1ccc2ncnc(Nc3ccc4cn[nH]c4c3)c2c1. The number of hydrogen-bond donors (Lipinski definition) is 3. The van der Waals surface area contributed by atoms with E-state index in [9.17, 15) is 0 Å². The average molecular weight is 276 g/mol. The van der Waals surface area contributed by atoms with E-state index in [2.05, 4.69) is 25.5 Å². The third kappa shape index (κ3) is 2.02. The molecule has 0 unspecified atom stereocenters. The summed E-state index contributed by atoms with van der Waals surface area (Å²) < 4.78 is 0. The maximum Gasteiger partial charge on any atom is 0.141 e. The second kappa shape index (κ2) is 4.45. The number of H-pyrrole nitrogens is 1. The minimum Gasteiger partial charge on any atom is -0.399 e. The number of fused-ring (bicyclic) bond motifs is 2. The minimum absolute atomic E-state index is 0.685. The van der Waals surface area contributed by atoms with Gasteiger partial charge in [-0.05, 0) is 36.4 Å². The molecule has 0 radical (unpaired) electrons. The molecule has 0 aliphatic carbocycles. The minimum atomic E-state index is 0.685. The third-order valence-electron chi connectivity index (χ3n) is 3.36. The molecule has 6 heteroatoms. The average Bonchev–Trinajstić information content (AvgIpc) is 2.95. The van der Waals surface area contributed by atoms with Crippen molar-refractivity contribution >= 4 is 39.0 Å². The van der Waals surface area contributed by atoms with Crippen LogP contribution in [0.4, 0.5) is 17.2 Å². The van der Waals surface area contributed by atoms with Crippen molar-refractivity contribution in [2.45, 2.75) is 0 Å². The van der Waals surface area contributed by atoms with Gasteiger partial charge in [0, 0.05) is 22.1 Å². The van der Waals surface area contributed by atoms with Crippen LogP contribution in [0.1, 0.15) is 0 Å². The lowest BCUT2D eigenvalue weighted by Gasteiger charge is -2.08. The van der Waals surface area contributed by atoms with Crippen LogP contribution in [0.3, 0.4) is 0 Å². The van der Waals surface area contributed by atoms with Gasteiger partial charge < -0.3 is 11.1 Å². The Hall–Kier alpha value is -3.15. The first kappa shape index (κ1) is 11.7. The van der Waals surface area contributed by atoms with E-state index in [1.807, 2.05) is 36.4 Å². The first-order chi connectivity index (χ1) is 10.3. The molecule has 4 N–H and O–H groups in total. The predicted molar refractivity (Wildman–Crippen MR) is 83.3 cm³/mol. The lowest BCUT2D eigenvalue weighted by molar-refractivity contribution is 1.12. The van der Waals surface area contributed by atoms with E-state index in [0.29, 0.717) is 5.69 Å². The number of hydrogen-bond acceptors (Lipinski definition) is 5. The van der Waals surface area contributed by atoms with Crippen LogP contribution >= 0.6 is 0 Å². The molecular formula is C15H12N6. The smallest absolute Gasteiger partial charge is 0.141 e. The van der Waals surface area contributed by atoms with Gasteiger partial charge in [0.1, 0.15) is 12.1 Å². The van der Waals surface area contributed by atoms with Crippen LogP contribution in [0.5, 0.6) is 0 Å². The molecule has 4 aromatic rings. The lowest BCUT2D eigenvalue weighted by atomic mass is 10.2. The largest absolute Gasteiger partial charge is 0.399 e. The monoisotopic (exact) mass is 276 g/mol. The van der Waals surface area contributed by atoms with Gasteiger partial charge in [-0.2, -0.15) is 5.10 Å². The summed E-state index contributed by atoms with van der Waals surface area (Å²) in [5, 5.41) is 12.2. The summed E-state index contributed by atoms with van der Waals surface area (Å²) in [6.07, 6.45) is 3.33. The molecule has 0 saturated carbocycles. The van der Waals surface area contributed by atoms with Gasteiger partial charge in [0.15, 0.2) is 0 Å². The van der Waals surface area contributed by atoms with E-state index >= 15 is 0 Å². The molecule has 0 saturated heterocycles. The van der Waals surface area contributed by atoms with Gasteiger partial charge in [0.25, 0.3) is 0 Å². The van der Waals surface area contributed by atoms with Crippen molar-refractivity contribution in [3.05, 3.63) is 48.9 Å². The highest BCUT2D eigenvalue weighted by molar-refractivity contribution is 5.93. The quantitative estimate of drug-likeness (QED) is 0.489. The fraction of sp³-hybridized carbons (Fsp3) is 0. The summed E-state index contributed by atoms with van der Waals surface area (Å²) >= 11 is 0. The molecule has 0 amide bonds. The normalized spacial score (nSPS) is 11.0. The molecule has 0 aliphatic rings. The van der Waals surface area contributed by atoms with Crippen molar-refractivity contribution in [1.29, 1.82) is 0 Å². The first-order valence-electron chi connectivity index (χ1n) is 6.50. The Bertz CT molecular complexity index is 943. The molecule has 2 heterocycles. The highest BCUT2D eigenvalue weighted by atomic mass is 15.1. The van der Waals surface area contributed by atoms with Crippen LogP contribution in [-0.2, 0) is 0 Å². The number of rotatable bonds is 2. The Morgan fingerprint density at radius 2 is 2.00 bits per heavy atom. The molecule has 102 valence electrons. The van der Waals surface area contributed by atoms with Crippen LogP contribution in [0, 0.1) is 0 Å². The van der Waals surface area contributed by atoms with Crippen molar-refractivity contribution in [3.63, 3.8) is 0 Å². The maximum absolute atomic E-state index is 5.85. The number of nitrogen functional groups attached to an aromatic ring is 1. The first-order valence-corrected chi connectivity index (χ1v) is 6.50. The van der Waals surface area contributed by atoms with Crippen LogP contribution in [-0.4, -0.2) is 20.2 Å². The number of anilines is 3. The maximum atomic E-state index is 5.85. The predicted octanol–water partition coefficient (Wildman–Crippen LogP) is 2.83. The van der Waals surface area contributed by atoms with Gasteiger partial charge in [0.05, 0.1) is 17.2 Å². The van der Waals surface area contributed by atoms with Crippen LogP contribution in [0.2, 0.25) is 0 Å². The fourth-order valence-corrected chi connectivity index (χ4v) is 2.33. The van der Waals surface area contributed by atoms with Crippen molar-refractivity contribution < 1.29 is 0 Å². The lowest BCUT2D eigenvalue weighted by Crippen LogP contribution is -1.96. The number of nitrogens with two attached hydrogens (primary N) is 1. The van der Waals surface area contributed by atoms with Gasteiger partial charge in [0.2, 0.25) is 0 Å². The zero-order valence-electron chi connectivity index (χ0n) is 11.0. The number of aromatic nitrogens is 4. The molecule has 4 rings (SSSR count). The number of aromatic amines is 1. The van der Waals surface area contributed by atoms with Crippen molar-refractivity contribution in [3.8, 4) is 0 Å². The topological polar surface area (TPSA) is 92.5 Å². The Morgan fingerprint density at radius 3 is 2.95 bits per heavy atom. The van der Waals surface area contributed by atoms with Gasteiger partial charge in [-0.25, -0.2) is 9.97 Å². The summed E-state index contributed by atoms with van der Waals surface area (Å²) in [4.78, 5) is 8.55. The van der Waals surface area contributed by atoms with E-state index < -0.39 is 0 Å². The molecule has 21 heavy (non-hydrogen) atoms. The fourth-order valence-electron chi connectivity index (χ4n) is 2.33. The summed E-state index contributed by atoms with van der Waals surface area (Å²) in [6, 6.07) is 11.6. The number of nitrogens with zero attached hydrogens (tertiary/aromatic N) is 3. The summed E-state index contributed by atoms with van der Waals surface area (Å²) in [5.41, 5.74) is 9.28. The van der Waals surface area contributed by atoms with E-state index in [0.717, 1.165) is 33.3 Å². The van der Waals surface area contributed by atoms with Gasteiger partial charge in [-0.1, -0.05) is 0 Å². The summed E-state index contributed by atoms with van der Waals surface area (Å²) in [7, 11) is 0. The number of benzene rings is 2. The standard InChI is InChI=1S/C15H12N6/c16-10-2-4-13-12(5-10)15(18-8-17-13)20-11-3-1-9-7-19-21-14(9)6-11/h1-8H,16H2,(H,19,21)(H,17,18,20). The summed E-state index contributed by atoms with van der Waals surface area (Å²) in [5.74, 6) is 0.728. The van der Waals surface area contributed by atoms with Crippen LogP contribution < -0.4 is 11.1 Å². The zero-order chi connectivity index (χ0) is 14.2. The third-order valence-corrected chi connectivity index (χ3v) is 3.36. The molecular weight excluding hydrogens is 264 g/mol. The Balaban J connectivity index is 1.81. The Labute approximate surface area is 120 Å². The van der Waals surface area contributed by atoms with Crippen molar-refractivity contribution in [2.24, 2.45) is 0 Å². The van der Waals surface area contributed by atoms with E-state index in [-0.39, 0.29) is 0 Å². The highest BCUT2D eigenvalue weighted by Gasteiger charge is 2.05. The molecule has 2 aromatic heterocycles. The van der Waals surface area contributed by atoms with Crippen LogP contribution in [0.25, 0.3) is 21.8 Å². The van der Waals surface area contributed by atoms with Crippen molar-refractivity contribution in [2.75, 3.05) is 11.1 Å². The van der Waals surface area contributed by atoms with E-state index in [1.54, 1.807) is 6.20 Å². The van der Waals surface area contributed by atoms with Gasteiger partial charge in [-0.15, -0.1) is 0 Å². The number of nitrogens with one attached hydrogen (secondary N) is 2. The van der Waals surface area contributed by atoms with E-state index in [4.69, 9.17) is 5.73 Å². The second-order valence-electron chi connectivity index (χ2n) is 4.80. The van der Waals surface area contributed by atoms with Gasteiger partial charge >= 0.3 is 0 Å². The van der Waals surface area contributed by atoms with Crippen LogP contribution in [0.15, 0.2) is 48.9 Å². The van der Waals surface area contributed by atoms with E-state index in [1.165, 1.54) is 6.33 Å². The molecule has 6 nitrogen and oxygen atoms in total.